The van der Waals surface area contributed by atoms with Crippen molar-refractivity contribution < 1.29 is 19.1 Å². The summed E-state index contributed by atoms with van der Waals surface area (Å²) in [6, 6.07) is 30.0. The van der Waals surface area contributed by atoms with Crippen molar-refractivity contribution >= 4 is 35.1 Å². The van der Waals surface area contributed by atoms with Gasteiger partial charge in [0.1, 0.15) is 5.75 Å². The molecule has 1 saturated heterocycles. The molecule has 2 bridgehead atoms. The van der Waals surface area contributed by atoms with Crippen molar-refractivity contribution in [2.45, 2.75) is 25.2 Å². The van der Waals surface area contributed by atoms with Crippen LogP contribution in [0.5, 0.6) is 5.75 Å². The lowest BCUT2D eigenvalue weighted by Crippen LogP contribution is -2.49. The van der Waals surface area contributed by atoms with Crippen LogP contribution in [0.25, 0.3) is 0 Å². The summed E-state index contributed by atoms with van der Waals surface area (Å²) >= 11 is 5.91. The highest BCUT2D eigenvalue weighted by molar-refractivity contribution is 6.30. The molecule has 192 valence electrons. The van der Waals surface area contributed by atoms with Gasteiger partial charge in [0.2, 0.25) is 11.8 Å². The number of imide groups is 1. The zero-order chi connectivity index (χ0) is 26.9. The van der Waals surface area contributed by atoms with Crippen molar-refractivity contribution in [3.63, 3.8) is 0 Å². The Hall–Kier alpha value is -4.22. The summed E-state index contributed by atoms with van der Waals surface area (Å²) in [5.41, 5.74) is 4.90. The highest BCUT2D eigenvalue weighted by Gasteiger charge is 2.68. The Morgan fingerprint density at radius 3 is 1.97 bits per heavy atom. The topological polar surface area (TPSA) is 63.7 Å². The van der Waals surface area contributed by atoms with Gasteiger partial charge in [0, 0.05) is 16.9 Å². The normalized spacial score (nSPS) is 24.3. The maximum absolute atomic E-state index is 14.2. The van der Waals surface area contributed by atoms with E-state index in [0.717, 1.165) is 27.8 Å². The van der Waals surface area contributed by atoms with Gasteiger partial charge < -0.3 is 4.74 Å². The molecular weight excluding hydrogens is 510 g/mol. The second-order valence-electron chi connectivity index (χ2n) is 10.7. The van der Waals surface area contributed by atoms with Crippen LogP contribution in [0.15, 0.2) is 97.1 Å². The third kappa shape index (κ3) is 3.43. The SMILES string of the molecule is CC12C(=O)N(c3ccc(OC(=O)Cc4ccc(Cl)cc4)cc3)C(=O)C1C1c3ccccc3C2c2ccccc21. The van der Waals surface area contributed by atoms with E-state index in [1.54, 1.807) is 48.5 Å². The third-order valence-electron chi connectivity index (χ3n) is 8.60. The van der Waals surface area contributed by atoms with Gasteiger partial charge in [0.05, 0.1) is 23.4 Å². The van der Waals surface area contributed by atoms with E-state index in [0.29, 0.717) is 16.5 Å². The van der Waals surface area contributed by atoms with Crippen LogP contribution >= 0.6 is 11.6 Å². The molecule has 0 spiro atoms. The van der Waals surface area contributed by atoms with Crippen LogP contribution in [0.1, 0.15) is 46.6 Å². The molecule has 3 aliphatic carbocycles. The second-order valence-corrected chi connectivity index (χ2v) is 11.1. The van der Waals surface area contributed by atoms with E-state index in [-0.39, 0.29) is 30.1 Å². The quantitative estimate of drug-likeness (QED) is 0.176. The molecule has 0 N–H and O–H groups in total. The molecule has 8 rings (SSSR count). The highest BCUT2D eigenvalue weighted by atomic mass is 35.5. The van der Waals surface area contributed by atoms with Gasteiger partial charge in [0.15, 0.2) is 0 Å². The minimum absolute atomic E-state index is 0.103. The van der Waals surface area contributed by atoms with Gasteiger partial charge in [-0.1, -0.05) is 72.3 Å². The first-order chi connectivity index (χ1) is 18.9. The average molecular weight is 534 g/mol. The Balaban J connectivity index is 1.19. The van der Waals surface area contributed by atoms with E-state index < -0.39 is 17.3 Å². The first kappa shape index (κ1) is 23.9. The number of carbonyl (C=O) groups is 3. The summed E-state index contributed by atoms with van der Waals surface area (Å²) in [6.45, 7) is 1.95. The van der Waals surface area contributed by atoms with Gasteiger partial charge in [-0.25, -0.2) is 4.90 Å². The number of esters is 1. The van der Waals surface area contributed by atoms with Crippen molar-refractivity contribution in [2.75, 3.05) is 4.90 Å². The smallest absolute Gasteiger partial charge is 0.315 e. The Kier molecular flexibility index (Phi) is 5.29. The molecule has 2 atom stereocenters. The van der Waals surface area contributed by atoms with Gasteiger partial charge in [0.25, 0.3) is 0 Å². The van der Waals surface area contributed by atoms with Crippen LogP contribution in [-0.2, 0) is 20.8 Å². The number of hydrogen-bond donors (Lipinski definition) is 0. The molecule has 5 nitrogen and oxygen atoms in total. The lowest BCUT2D eigenvalue weighted by atomic mass is 9.48. The zero-order valence-corrected chi connectivity index (χ0v) is 21.9. The molecule has 39 heavy (non-hydrogen) atoms. The van der Waals surface area contributed by atoms with Gasteiger partial charge in [-0.3, -0.25) is 14.4 Å². The molecule has 1 aliphatic heterocycles. The largest absolute Gasteiger partial charge is 0.426 e. The number of ether oxygens (including phenoxy) is 1. The fourth-order valence-electron chi connectivity index (χ4n) is 6.96. The lowest BCUT2D eigenvalue weighted by molar-refractivity contribution is -0.133. The molecule has 4 aromatic rings. The summed E-state index contributed by atoms with van der Waals surface area (Å²) in [7, 11) is 0. The van der Waals surface area contributed by atoms with Crippen LogP contribution in [0.3, 0.4) is 0 Å². The number of rotatable bonds is 4. The van der Waals surface area contributed by atoms with Crippen molar-refractivity contribution in [3.8, 4) is 5.75 Å². The third-order valence-corrected chi connectivity index (χ3v) is 8.85. The molecule has 0 saturated carbocycles. The maximum Gasteiger partial charge on any atom is 0.315 e. The number of benzene rings is 4. The van der Waals surface area contributed by atoms with Gasteiger partial charge in [-0.05, 0) is 71.1 Å². The first-order valence-electron chi connectivity index (χ1n) is 13.0. The van der Waals surface area contributed by atoms with Crippen molar-refractivity contribution in [1.82, 2.24) is 0 Å². The monoisotopic (exact) mass is 533 g/mol. The summed E-state index contributed by atoms with van der Waals surface area (Å²) in [5, 5.41) is 0.600. The molecule has 1 heterocycles. The minimum atomic E-state index is -0.895. The number of carbonyl (C=O) groups excluding carboxylic acids is 3. The number of anilines is 1. The standard InChI is InChI=1S/C33H24ClNO4/c1-33-29-25-8-4-2-6-23(25)28(24-7-3-5-9-26(24)29)30(33)31(37)35(32(33)38)21-14-16-22(17-15-21)39-27(36)18-19-10-12-20(34)13-11-19/h2-17,28-30H,18H2,1H3. The summed E-state index contributed by atoms with van der Waals surface area (Å²) in [6.07, 6.45) is 0.103. The Labute approximate surface area is 231 Å². The van der Waals surface area contributed by atoms with Crippen LogP contribution in [0, 0.1) is 11.3 Å². The minimum Gasteiger partial charge on any atom is -0.426 e. The van der Waals surface area contributed by atoms with Crippen LogP contribution < -0.4 is 9.64 Å². The number of amides is 2. The van der Waals surface area contributed by atoms with E-state index in [2.05, 4.69) is 24.3 Å². The fourth-order valence-corrected chi connectivity index (χ4v) is 7.09. The fraction of sp³-hybridized carbons (Fsp3) is 0.182. The van der Waals surface area contributed by atoms with Crippen molar-refractivity contribution in [2.24, 2.45) is 11.3 Å². The van der Waals surface area contributed by atoms with E-state index >= 15 is 0 Å². The van der Waals surface area contributed by atoms with Gasteiger partial charge >= 0.3 is 5.97 Å². The van der Waals surface area contributed by atoms with E-state index in [1.807, 2.05) is 31.2 Å². The molecule has 0 radical (unpaired) electrons. The zero-order valence-electron chi connectivity index (χ0n) is 21.1. The second kappa shape index (κ2) is 8.65. The first-order valence-corrected chi connectivity index (χ1v) is 13.4. The molecular formula is C33H24ClNO4. The van der Waals surface area contributed by atoms with Gasteiger partial charge in [-0.2, -0.15) is 0 Å². The average Bonchev–Trinajstić information content (AvgIpc) is 3.15. The van der Waals surface area contributed by atoms with Crippen molar-refractivity contribution in [1.29, 1.82) is 0 Å². The number of hydrogen-bond acceptors (Lipinski definition) is 4. The molecule has 1 fully saturated rings. The Morgan fingerprint density at radius 2 is 1.38 bits per heavy atom. The summed E-state index contributed by atoms with van der Waals surface area (Å²) < 4.78 is 5.50. The molecule has 2 unspecified atom stereocenters. The van der Waals surface area contributed by atoms with Crippen LogP contribution in [0.4, 0.5) is 5.69 Å². The molecule has 4 aromatic carbocycles. The summed E-state index contributed by atoms with van der Waals surface area (Å²) in [4.78, 5) is 42.0. The highest BCUT2D eigenvalue weighted by Crippen LogP contribution is 2.67. The van der Waals surface area contributed by atoms with Crippen LogP contribution in [-0.4, -0.2) is 17.8 Å². The maximum atomic E-state index is 14.2. The van der Waals surface area contributed by atoms with Crippen molar-refractivity contribution in [3.05, 3.63) is 130 Å². The van der Waals surface area contributed by atoms with Crippen LogP contribution in [0.2, 0.25) is 5.02 Å². The molecule has 6 heteroatoms. The van der Waals surface area contributed by atoms with Gasteiger partial charge in [-0.15, -0.1) is 0 Å². The lowest BCUT2D eigenvalue weighted by Gasteiger charge is -2.51. The number of halogens is 1. The van der Waals surface area contributed by atoms with E-state index in [1.165, 1.54) is 4.90 Å². The molecule has 2 amide bonds. The molecule has 0 aromatic heterocycles. The Morgan fingerprint density at radius 1 is 0.821 bits per heavy atom. The van der Waals surface area contributed by atoms with E-state index in [4.69, 9.17) is 16.3 Å². The number of nitrogens with zero attached hydrogens (tertiary/aromatic N) is 1. The predicted molar refractivity (Wildman–Crippen MR) is 148 cm³/mol. The summed E-state index contributed by atoms with van der Waals surface area (Å²) in [5.74, 6) is -1.31. The predicted octanol–water partition coefficient (Wildman–Crippen LogP) is 6.27. The van der Waals surface area contributed by atoms with E-state index in [9.17, 15) is 14.4 Å². The Bertz CT molecular complexity index is 1610. The molecule has 4 aliphatic rings.